The van der Waals surface area contributed by atoms with Gasteiger partial charge < -0.3 is 9.64 Å². The van der Waals surface area contributed by atoms with Crippen LogP contribution in [0.4, 0.5) is 5.69 Å². The summed E-state index contributed by atoms with van der Waals surface area (Å²) >= 11 is 6.04. The molecule has 0 radical (unpaired) electrons. The molecule has 6 nitrogen and oxygen atoms in total. The summed E-state index contributed by atoms with van der Waals surface area (Å²) < 4.78 is 5.22. The Hall–Kier alpha value is -3.90. The van der Waals surface area contributed by atoms with Crippen molar-refractivity contribution in [3.05, 3.63) is 101 Å². The normalized spacial score (nSPS) is 24.3. The van der Waals surface area contributed by atoms with Gasteiger partial charge in [0, 0.05) is 16.8 Å². The molecular weight excluding hydrogens is 464 g/mol. The van der Waals surface area contributed by atoms with Crippen LogP contribution >= 0.6 is 11.6 Å². The van der Waals surface area contributed by atoms with Gasteiger partial charge in [-0.2, -0.15) is 0 Å². The van der Waals surface area contributed by atoms with Gasteiger partial charge in [0.1, 0.15) is 11.8 Å². The number of ketones is 1. The molecule has 4 unspecified atom stereocenters. The summed E-state index contributed by atoms with van der Waals surface area (Å²) in [5, 5.41) is 0.522. The van der Waals surface area contributed by atoms with Gasteiger partial charge in [-0.15, -0.1) is 0 Å². The van der Waals surface area contributed by atoms with Crippen LogP contribution in [0.1, 0.15) is 27.5 Å². The fourth-order valence-electron chi connectivity index (χ4n) is 5.63. The summed E-state index contributed by atoms with van der Waals surface area (Å²) in [7, 11) is 1.56. The fourth-order valence-corrected chi connectivity index (χ4v) is 5.75. The van der Waals surface area contributed by atoms with E-state index in [1.165, 1.54) is 4.90 Å². The Labute approximate surface area is 207 Å². The molecule has 3 aromatic rings. The van der Waals surface area contributed by atoms with E-state index in [4.69, 9.17) is 16.3 Å². The minimum absolute atomic E-state index is 0.207. The van der Waals surface area contributed by atoms with Crippen LogP contribution in [-0.2, 0) is 9.59 Å². The van der Waals surface area contributed by atoms with E-state index >= 15 is 0 Å². The molecule has 3 heterocycles. The quantitative estimate of drug-likeness (QED) is 0.395. The molecule has 174 valence electrons. The Kier molecular flexibility index (Phi) is 5.00. The number of Topliss-reactive ketones (excluding diaryl/α,β-unsaturated/α-hetero) is 1. The molecule has 6 rings (SSSR count). The Morgan fingerprint density at radius 3 is 2.29 bits per heavy atom. The maximum atomic E-state index is 13.9. The maximum absolute atomic E-state index is 13.9. The minimum atomic E-state index is -0.811. The molecule has 7 heteroatoms. The number of halogens is 1. The summed E-state index contributed by atoms with van der Waals surface area (Å²) in [5.41, 5.74) is 2.85. The summed E-state index contributed by atoms with van der Waals surface area (Å²) in [6.45, 7) is 0. The molecule has 2 fully saturated rings. The van der Waals surface area contributed by atoms with Crippen LogP contribution in [0, 0.1) is 11.8 Å². The fraction of sp³-hybridized carbons (Fsp3) is 0.179. The monoisotopic (exact) mass is 484 g/mol. The van der Waals surface area contributed by atoms with Crippen molar-refractivity contribution in [2.75, 3.05) is 12.0 Å². The van der Waals surface area contributed by atoms with E-state index in [1.807, 2.05) is 41.4 Å². The van der Waals surface area contributed by atoms with Crippen molar-refractivity contribution in [3.8, 4) is 5.75 Å². The average molecular weight is 485 g/mol. The lowest BCUT2D eigenvalue weighted by Gasteiger charge is -2.35. The second-order valence-corrected chi connectivity index (χ2v) is 9.35. The van der Waals surface area contributed by atoms with Crippen molar-refractivity contribution < 1.29 is 19.1 Å². The lowest BCUT2D eigenvalue weighted by atomic mass is 9.83. The Morgan fingerprint density at radius 2 is 1.57 bits per heavy atom. The van der Waals surface area contributed by atoms with Crippen LogP contribution in [0.25, 0.3) is 6.08 Å². The van der Waals surface area contributed by atoms with Crippen LogP contribution in [0.5, 0.6) is 5.75 Å². The third-order valence-corrected chi connectivity index (χ3v) is 7.44. The first-order chi connectivity index (χ1) is 17.0. The highest BCUT2D eigenvalue weighted by Crippen LogP contribution is 2.53. The molecular formula is C28H21ClN2O4. The smallest absolute Gasteiger partial charge is 0.240 e. The number of ether oxygens (including phenoxy) is 1. The van der Waals surface area contributed by atoms with Gasteiger partial charge in [-0.25, -0.2) is 4.90 Å². The summed E-state index contributed by atoms with van der Waals surface area (Å²) in [4.78, 5) is 44.7. The van der Waals surface area contributed by atoms with Crippen molar-refractivity contribution in [1.82, 2.24) is 4.90 Å². The standard InChI is InChI=1S/C28H21ClN2O4/c1-35-20-12-10-19(11-13-20)31-27(33)22-23(28(31)34)25(26(32)17-6-8-18(29)9-7-17)30-15-14-16-4-2-3-5-21(16)24(22)30/h2-15,22-25H,1H3. The molecule has 3 aliphatic rings. The predicted molar refractivity (Wildman–Crippen MR) is 132 cm³/mol. The van der Waals surface area contributed by atoms with E-state index in [0.717, 1.165) is 11.1 Å². The molecule has 4 atom stereocenters. The van der Waals surface area contributed by atoms with E-state index in [1.54, 1.807) is 55.6 Å². The zero-order valence-corrected chi connectivity index (χ0v) is 19.6. The zero-order valence-electron chi connectivity index (χ0n) is 18.8. The van der Waals surface area contributed by atoms with Crippen molar-refractivity contribution in [2.45, 2.75) is 12.1 Å². The van der Waals surface area contributed by atoms with Crippen molar-refractivity contribution in [2.24, 2.45) is 11.8 Å². The Morgan fingerprint density at radius 1 is 0.886 bits per heavy atom. The van der Waals surface area contributed by atoms with Crippen molar-refractivity contribution >= 4 is 41.0 Å². The molecule has 35 heavy (non-hydrogen) atoms. The molecule has 0 saturated carbocycles. The first-order valence-electron chi connectivity index (χ1n) is 11.4. The van der Waals surface area contributed by atoms with Crippen molar-refractivity contribution in [3.63, 3.8) is 0 Å². The molecule has 0 aromatic heterocycles. The van der Waals surface area contributed by atoms with E-state index < -0.39 is 23.9 Å². The number of anilines is 1. The van der Waals surface area contributed by atoms with E-state index in [2.05, 4.69) is 0 Å². The maximum Gasteiger partial charge on any atom is 0.240 e. The first-order valence-corrected chi connectivity index (χ1v) is 11.7. The number of carbonyl (C=O) groups is 3. The average Bonchev–Trinajstić information content (AvgIpc) is 3.36. The molecule has 2 saturated heterocycles. The number of carbonyl (C=O) groups excluding carboxylic acids is 3. The Bertz CT molecular complexity index is 1380. The van der Waals surface area contributed by atoms with E-state index in [9.17, 15) is 14.4 Å². The van der Waals surface area contributed by atoms with Gasteiger partial charge in [0.2, 0.25) is 11.8 Å². The summed E-state index contributed by atoms with van der Waals surface area (Å²) in [6.07, 6.45) is 3.79. The summed E-state index contributed by atoms with van der Waals surface area (Å²) in [6, 6.07) is 20.0. The SMILES string of the molecule is COc1ccc(N2C(=O)C3C(C2=O)C2c4ccccc4C=CN2C3C(=O)c2ccc(Cl)cc2)cc1. The number of benzene rings is 3. The number of rotatable bonds is 4. The van der Waals surface area contributed by atoms with Gasteiger partial charge in [-0.05, 0) is 65.7 Å². The second kappa shape index (κ2) is 8.10. The van der Waals surface area contributed by atoms with E-state index in [-0.39, 0.29) is 17.6 Å². The summed E-state index contributed by atoms with van der Waals surface area (Å²) in [5.74, 6) is -1.73. The largest absolute Gasteiger partial charge is 0.497 e. The molecule has 3 aliphatic heterocycles. The van der Waals surface area contributed by atoms with Gasteiger partial charge in [-0.1, -0.05) is 35.9 Å². The van der Waals surface area contributed by atoms with Crippen molar-refractivity contribution in [1.29, 1.82) is 0 Å². The number of amides is 2. The van der Waals surface area contributed by atoms with E-state index in [0.29, 0.717) is 22.0 Å². The third-order valence-electron chi connectivity index (χ3n) is 7.19. The van der Waals surface area contributed by atoms with Crippen LogP contribution in [0.15, 0.2) is 79.0 Å². The molecule has 0 N–H and O–H groups in total. The number of imide groups is 1. The van der Waals surface area contributed by atoms with Gasteiger partial charge in [0.05, 0.1) is 30.7 Å². The molecule has 2 amide bonds. The van der Waals surface area contributed by atoms with Gasteiger partial charge in [-0.3, -0.25) is 14.4 Å². The molecule has 0 bridgehead atoms. The molecule has 0 aliphatic carbocycles. The van der Waals surface area contributed by atoms with Crippen LogP contribution in [0.3, 0.4) is 0 Å². The Balaban J connectivity index is 1.47. The number of fused-ring (bicyclic) bond motifs is 5. The lowest BCUT2D eigenvalue weighted by molar-refractivity contribution is -0.123. The molecule has 3 aromatic carbocycles. The number of nitrogens with zero attached hydrogens (tertiary/aromatic N) is 2. The second-order valence-electron chi connectivity index (χ2n) is 8.91. The lowest BCUT2D eigenvalue weighted by Crippen LogP contribution is -2.44. The predicted octanol–water partition coefficient (Wildman–Crippen LogP) is 4.75. The van der Waals surface area contributed by atoms with Gasteiger partial charge >= 0.3 is 0 Å². The first kappa shape index (κ1) is 21.6. The van der Waals surface area contributed by atoms with Crippen LogP contribution in [0.2, 0.25) is 5.02 Å². The van der Waals surface area contributed by atoms with Crippen LogP contribution in [-0.4, -0.2) is 35.6 Å². The highest BCUT2D eigenvalue weighted by molar-refractivity contribution is 6.30. The third kappa shape index (κ3) is 3.21. The topological polar surface area (TPSA) is 66.9 Å². The number of methoxy groups -OCH3 is 1. The zero-order chi connectivity index (χ0) is 24.3. The number of hydrogen-bond acceptors (Lipinski definition) is 5. The van der Waals surface area contributed by atoms with Gasteiger partial charge in [0.15, 0.2) is 5.78 Å². The highest BCUT2D eigenvalue weighted by Gasteiger charge is 2.64. The van der Waals surface area contributed by atoms with Gasteiger partial charge in [0.25, 0.3) is 0 Å². The highest BCUT2D eigenvalue weighted by atomic mass is 35.5. The number of hydrogen-bond donors (Lipinski definition) is 0. The molecule has 0 spiro atoms. The van der Waals surface area contributed by atoms with Crippen LogP contribution < -0.4 is 9.64 Å². The minimum Gasteiger partial charge on any atom is -0.497 e.